The lowest BCUT2D eigenvalue weighted by Gasteiger charge is -2.17. The average molecular weight is 173 g/mol. The Morgan fingerprint density at radius 3 is 2.42 bits per heavy atom. The molecule has 0 saturated heterocycles. The molecule has 0 heterocycles. The van der Waals surface area contributed by atoms with E-state index in [2.05, 4.69) is 23.9 Å². The van der Waals surface area contributed by atoms with Crippen LogP contribution in [-0.2, 0) is 0 Å². The van der Waals surface area contributed by atoms with Gasteiger partial charge in [-0.2, -0.15) is 0 Å². The predicted octanol–water partition coefficient (Wildman–Crippen LogP) is 0.855. The predicted molar refractivity (Wildman–Crippen MR) is 50.4 cm³/mol. The van der Waals surface area contributed by atoms with Gasteiger partial charge in [0.2, 0.25) is 0 Å². The molecule has 0 aromatic carbocycles. The maximum atomic E-state index is 8.26. The Bertz CT molecular complexity index is 132. The lowest BCUT2D eigenvalue weighted by Crippen LogP contribution is -2.25. The second-order valence-electron chi connectivity index (χ2n) is 2.72. The van der Waals surface area contributed by atoms with Crippen molar-refractivity contribution in [2.24, 2.45) is 10.9 Å². The minimum Gasteiger partial charge on any atom is -0.409 e. The molecule has 0 aliphatic rings. The molecule has 0 unspecified atom stereocenters. The fraction of sp³-hybridized carbons (Fsp3) is 0.875. The highest BCUT2D eigenvalue weighted by atomic mass is 16.4. The topological polar surface area (TPSA) is 61.8 Å². The van der Waals surface area contributed by atoms with Crippen molar-refractivity contribution in [3.63, 3.8) is 0 Å². The molecule has 0 saturated carbocycles. The van der Waals surface area contributed by atoms with Gasteiger partial charge in [-0.05, 0) is 26.1 Å². The summed E-state index contributed by atoms with van der Waals surface area (Å²) in [5, 5.41) is 11.2. The summed E-state index contributed by atoms with van der Waals surface area (Å²) in [6, 6.07) is 0. The third-order valence-electron chi connectivity index (χ3n) is 1.93. The number of oxime groups is 1. The van der Waals surface area contributed by atoms with Gasteiger partial charge in [0.1, 0.15) is 5.84 Å². The molecule has 72 valence electrons. The molecule has 0 aromatic heterocycles. The summed E-state index contributed by atoms with van der Waals surface area (Å²) < 4.78 is 0. The van der Waals surface area contributed by atoms with Gasteiger partial charge in [-0.3, -0.25) is 0 Å². The minimum absolute atomic E-state index is 0.321. The largest absolute Gasteiger partial charge is 0.409 e. The maximum absolute atomic E-state index is 8.26. The molecule has 0 rings (SSSR count). The summed E-state index contributed by atoms with van der Waals surface area (Å²) in [6.07, 6.45) is 1.63. The molecule has 0 aliphatic carbocycles. The zero-order chi connectivity index (χ0) is 9.40. The van der Waals surface area contributed by atoms with E-state index in [9.17, 15) is 0 Å². The molecule has 4 heteroatoms. The van der Waals surface area contributed by atoms with Crippen molar-refractivity contribution >= 4 is 5.84 Å². The third kappa shape index (κ3) is 4.96. The summed E-state index contributed by atoms with van der Waals surface area (Å²) in [7, 11) is 0. The van der Waals surface area contributed by atoms with E-state index in [1.165, 1.54) is 0 Å². The van der Waals surface area contributed by atoms with Gasteiger partial charge in [0.25, 0.3) is 0 Å². The molecule has 0 aliphatic heterocycles. The van der Waals surface area contributed by atoms with E-state index in [1.807, 2.05) is 0 Å². The van der Waals surface area contributed by atoms with E-state index in [0.29, 0.717) is 12.3 Å². The summed E-state index contributed by atoms with van der Waals surface area (Å²) in [4.78, 5) is 2.31. The third-order valence-corrected chi connectivity index (χ3v) is 1.93. The zero-order valence-corrected chi connectivity index (χ0v) is 7.95. The monoisotopic (exact) mass is 173 g/mol. The van der Waals surface area contributed by atoms with Crippen LogP contribution in [-0.4, -0.2) is 35.6 Å². The van der Waals surface area contributed by atoms with E-state index in [1.54, 1.807) is 0 Å². The molecule has 3 N–H and O–H groups in total. The van der Waals surface area contributed by atoms with Gasteiger partial charge in [-0.15, -0.1) is 0 Å². The average Bonchev–Trinajstić information content (AvgIpc) is 2.12. The normalized spacial score (nSPS) is 12.4. The van der Waals surface area contributed by atoms with E-state index in [0.717, 1.165) is 26.1 Å². The molecule has 4 nitrogen and oxygen atoms in total. The second kappa shape index (κ2) is 6.91. The quantitative estimate of drug-likeness (QED) is 0.271. The van der Waals surface area contributed by atoms with Gasteiger partial charge in [-0.1, -0.05) is 19.0 Å². The van der Waals surface area contributed by atoms with Gasteiger partial charge in [0, 0.05) is 6.42 Å². The molecule has 0 atom stereocenters. The summed E-state index contributed by atoms with van der Waals surface area (Å²) >= 11 is 0. The van der Waals surface area contributed by atoms with Gasteiger partial charge in [0.05, 0.1) is 0 Å². The number of rotatable bonds is 6. The Hall–Kier alpha value is -0.770. The number of nitrogens with zero attached hydrogens (tertiary/aromatic N) is 2. The molecule has 0 radical (unpaired) electrons. The van der Waals surface area contributed by atoms with Crippen LogP contribution in [0.2, 0.25) is 0 Å². The molecule has 12 heavy (non-hydrogen) atoms. The van der Waals surface area contributed by atoms with Crippen molar-refractivity contribution in [2.45, 2.75) is 26.7 Å². The Kier molecular flexibility index (Phi) is 6.47. The Morgan fingerprint density at radius 1 is 1.42 bits per heavy atom. The van der Waals surface area contributed by atoms with Crippen LogP contribution in [0.3, 0.4) is 0 Å². The first-order valence-corrected chi connectivity index (χ1v) is 4.43. The zero-order valence-electron chi connectivity index (χ0n) is 7.95. The van der Waals surface area contributed by atoms with Crippen molar-refractivity contribution in [3.05, 3.63) is 0 Å². The first-order valence-electron chi connectivity index (χ1n) is 4.43. The van der Waals surface area contributed by atoms with E-state index < -0.39 is 0 Å². The molecule has 0 spiro atoms. The van der Waals surface area contributed by atoms with Gasteiger partial charge in [-0.25, -0.2) is 0 Å². The smallest absolute Gasteiger partial charge is 0.139 e. The molecule has 0 aromatic rings. The molecule has 0 fully saturated rings. The van der Waals surface area contributed by atoms with Crippen molar-refractivity contribution < 1.29 is 5.21 Å². The van der Waals surface area contributed by atoms with Crippen LogP contribution >= 0.6 is 0 Å². The Balaban J connectivity index is 3.41. The van der Waals surface area contributed by atoms with Gasteiger partial charge < -0.3 is 15.8 Å². The summed E-state index contributed by atoms with van der Waals surface area (Å²) in [6.45, 7) is 7.41. The van der Waals surface area contributed by atoms with Crippen LogP contribution in [0.25, 0.3) is 0 Å². The first-order chi connectivity index (χ1) is 5.74. The maximum Gasteiger partial charge on any atom is 0.139 e. The Morgan fingerprint density at radius 2 is 2.00 bits per heavy atom. The highest BCUT2D eigenvalue weighted by molar-refractivity contribution is 5.79. The lowest BCUT2D eigenvalue weighted by molar-refractivity contribution is 0.298. The van der Waals surface area contributed by atoms with Crippen LogP contribution < -0.4 is 5.73 Å². The van der Waals surface area contributed by atoms with Crippen LogP contribution in [0.4, 0.5) is 0 Å². The fourth-order valence-corrected chi connectivity index (χ4v) is 1.07. The lowest BCUT2D eigenvalue weighted by atomic mass is 10.3. The standard InChI is InChI=1S/C8H19N3O/c1-3-11(4-2)7-5-6-8(9)10-12/h12H,3-7H2,1-2H3,(H2,9,10). The molecule has 0 bridgehead atoms. The van der Waals surface area contributed by atoms with Gasteiger partial charge >= 0.3 is 0 Å². The highest BCUT2D eigenvalue weighted by Crippen LogP contribution is 1.94. The van der Waals surface area contributed by atoms with Crippen molar-refractivity contribution in [1.29, 1.82) is 0 Å². The number of amidine groups is 1. The van der Waals surface area contributed by atoms with Crippen molar-refractivity contribution in [2.75, 3.05) is 19.6 Å². The first kappa shape index (κ1) is 11.2. The van der Waals surface area contributed by atoms with Crippen LogP contribution in [0.5, 0.6) is 0 Å². The van der Waals surface area contributed by atoms with Crippen molar-refractivity contribution in [3.8, 4) is 0 Å². The Labute approximate surface area is 74.0 Å². The second-order valence-corrected chi connectivity index (χ2v) is 2.72. The molecular formula is C8H19N3O. The van der Waals surface area contributed by atoms with Crippen molar-refractivity contribution in [1.82, 2.24) is 4.90 Å². The number of hydrogen-bond donors (Lipinski definition) is 2. The number of nitrogens with two attached hydrogens (primary N) is 1. The fourth-order valence-electron chi connectivity index (χ4n) is 1.07. The molecular weight excluding hydrogens is 154 g/mol. The van der Waals surface area contributed by atoms with Crippen LogP contribution in [0.15, 0.2) is 5.16 Å². The van der Waals surface area contributed by atoms with Crippen LogP contribution in [0, 0.1) is 0 Å². The SMILES string of the molecule is CCN(CC)CCC/C(N)=N/O. The minimum atomic E-state index is 0.321. The van der Waals surface area contributed by atoms with E-state index in [4.69, 9.17) is 10.9 Å². The molecule has 0 amide bonds. The van der Waals surface area contributed by atoms with Crippen LogP contribution in [0.1, 0.15) is 26.7 Å². The van der Waals surface area contributed by atoms with E-state index in [-0.39, 0.29) is 0 Å². The van der Waals surface area contributed by atoms with E-state index >= 15 is 0 Å². The number of hydrogen-bond acceptors (Lipinski definition) is 3. The summed E-state index contributed by atoms with van der Waals surface area (Å²) in [5.74, 6) is 0.321. The highest BCUT2D eigenvalue weighted by Gasteiger charge is 1.99. The summed E-state index contributed by atoms with van der Waals surface area (Å²) in [5.41, 5.74) is 5.32. The van der Waals surface area contributed by atoms with Gasteiger partial charge in [0.15, 0.2) is 0 Å².